The molecule has 0 aromatic rings. The minimum absolute atomic E-state index is 1.08. The molecule has 0 amide bonds. The summed E-state index contributed by atoms with van der Waals surface area (Å²) in [6, 6.07) is 0. The number of aliphatic hydroxyl groups excluding tert-OH is 12. The predicted octanol–water partition coefficient (Wildman–Crippen LogP) is -8.95. The van der Waals surface area contributed by atoms with Gasteiger partial charge in [-0.25, -0.2) is 0 Å². The summed E-state index contributed by atoms with van der Waals surface area (Å²) in [5, 5.41) is 131. The highest BCUT2D eigenvalue weighted by molar-refractivity contribution is 5.93. The highest BCUT2D eigenvalue weighted by Crippen LogP contribution is 2.36. The number of rotatable bonds is 9. The fourth-order valence-electron chi connectivity index (χ4n) is 3.87. The van der Waals surface area contributed by atoms with Crippen molar-refractivity contribution in [3.63, 3.8) is 0 Å². The van der Waals surface area contributed by atoms with Gasteiger partial charge in [0.05, 0.1) is 21.2 Å². The van der Waals surface area contributed by atoms with E-state index in [1.54, 1.807) is 0 Å². The summed E-state index contributed by atoms with van der Waals surface area (Å²) in [4.78, 5) is 13.5. The maximum Gasteiger partial charge on any atom is 0.201 e. The fraction of sp³-hybridized carbons (Fsp3) is 0.944. The van der Waals surface area contributed by atoms with Crippen LogP contribution in [0.1, 0.15) is 1.37 Å². The van der Waals surface area contributed by atoms with Crippen molar-refractivity contribution in [1.82, 2.24) is 0 Å². The molecule has 13 N–H and O–H groups in total. The largest absolute Gasteiger partial charge is 0.394 e. The first-order valence-electron chi connectivity index (χ1n) is 10.7. The van der Waals surface area contributed by atoms with Crippen molar-refractivity contribution in [3.05, 3.63) is 0 Å². The molecule has 2 saturated heterocycles. The molecule has 34 heavy (non-hydrogen) atoms. The molecule has 14 atom stereocenters. The van der Waals surface area contributed by atoms with E-state index in [0.717, 1.165) is 0 Å². The Kier molecular flexibility index (Phi) is 9.29. The van der Waals surface area contributed by atoms with E-state index in [1.807, 2.05) is 0 Å². The van der Waals surface area contributed by atoms with Crippen LogP contribution in [0.4, 0.5) is 0 Å². The van der Waals surface area contributed by atoms with E-state index in [-0.39, 0.29) is 0 Å². The van der Waals surface area contributed by atoms with Crippen molar-refractivity contribution in [1.29, 1.82) is 0 Å². The van der Waals surface area contributed by atoms with Crippen LogP contribution < -0.4 is 0 Å². The van der Waals surface area contributed by atoms with Gasteiger partial charge >= 0.3 is 0 Å². The number of carbonyl (C=O) groups excluding carboxylic acids is 1. The summed E-state index contributed by atoms with van der Waals surface area (Å²) >= 11 is 0. The van der Waals surface area contributed by atoms with E-state index in [1.165, 1.54) is 0 Å². The Morgan fingerprint density at radius 1 is 0.794 bits per heavy atom. The summed E-state index contributed by atoms with van der Waals surface area (Å²) in [6.45, 7) is -3.43. The topological polar surface area (TPSA) is 299 Å². The maximum atomic E-state index is 13.5. The lowest BCUT2D eigenvalue weighted by Gasteiger charge is -2.50. The molecular formula is C18H32O16. The fourth-order valence-corrected chi connectivity index (χ4v) is 3.87. The highest BCUT2D eigenvalue weighted by atomic mass is 16.6. The van der Waals surface area contributed by atoms with Crippen LogP contribution in [0.5, 0.6) is 0 Å². The summed E-state index contributed by atoms with van der Waals surface area (Å²) in [6.07, 6.45) is -31.5. The Balaban J connectivity index is 2.66. The van der Waals surface area contributed by atoms with E-state index in [0.29, 0.717) is 0 Å². The quantitative estimate of drug-likeness (QED) is 0.138. The van der Waals surface area contributed by atoms with Crippen molar-refractivity contribution in [2.75, 3.05) is 19.8 Å². The molecule has 2 aliphatic heterocycles. The Bertz CT molecular complexity index is 727. The Hall–Kier alpha value is -0.930. The number of hydrogen-bond donors (Lipinski definition) is 13. The number of ketones is 1. The molecule has 16 heteroatoms. The zero-order chi connectivity index (χ0) is 27.0. The first kappa shape index (κ1) is 27.7. The lowest BCUT2D eigenvalue weighted by Crippen LogP contribution is -2.75. The molecule has 0 aliphatic carbocycles. The molecule has 200 valence electrons. The second kappa shape index (κ2) is 11.4. The van der Waals surface area contributed by atoms with Crippen molar-refractivity contribution < 1.29 is 82.0 Å². The van der Waals surface area contributed by atoms with Gasteiger partial charge in [0.2, 0.25) is 5.78 Å². The molecule has 2 heterocycles. The molecule has 2 unspecified atom stereocenters. The lowest BCUT2D eigenvalue weighted by molar-refractivity contribution is -0.293. The normalized spacial score (nSPS) is 46.1. The summed E-state index contributed by atoms with van der Waals surface area (Å²) in [7, 11) is 0. The number of hydrogen-bond acceptors (Lipinski definition) is 16. The third kappa shape index (κ3) is 4.99. The second-order valence-corrected chi connectivity index (χ2v) is 8.22. The Morgan fingerprint density at radius 3 is 1.74 bits per heavy atom. The van der Waals surface area contributed by atoms with Crippen LogP contribution in [0.25, 0.3) is 0 Å². The van der Waals surface area contributed by atoms with Crippen LogP contribution in [-0.4, -0.2) is 177 Å². The zero-order valence-corrected chi connectivity index (χ0v) is 17.6. The minimum Gasteiger partial charge on any atom is -0.394 e. The van der Waals surface area contributed by atoms with Crippen LogP contribution in [0.15, 0.2) is 0 Å². The lowest BCUT2D eigenvalue weighted by atomic mass is 9.73. The van der Waals surface area contributed by atoms with Gasteiger partial charge in [-0.1, -0.05) is 0 Å². The van der Waals surface area contributed by atoms with E-state index < -0.39 is 111 Å². The van der Waals surface area contributed by atoms with Crippen LogP contribution >= 0.6 is 0 Å². The van der Waals surface area contributed by atoms with E-state index in [2.05, 4.69) is 0 Å². The van der Waals surface area contributed by atoms with E-state index >= 15 is 0 Å². The van der Waals surface area contributed by atoms with E-state index in [9.17, 15) is 66.1 Å². The van der Waals surface area contributed by atoms with E-state index in [4.69, 9.17) is 16.0 Å². The maximum absolute atomic E-state index is 13.5. The Morgan fingerprint density at radius 2 is 1.26 bits per heavy atom. The average Bonchev–Trinajstić information content (AvgIpc) is 2.85. The zero-order valence-electron chi connectivity index (χ0n) is 18.6. The molecule has 0 saturated carbocycles. The third-order valence-corrected chi connectivity index (χ3v) is 6.05. The van der Waals surface area contributed by atoms with Gasteiger partial charge in [0.1, 0.15) is 79.3 Å². The molecular weight excluding hydrogens is 472 g/mol. The number of aliphatic hydroxyl groups is 13. The predicted molar refractivity (Wildman–Crippen MR) is 103 cm³/mol. The number of Topliss-reactive ketones (excluding diaryl/α,β-unsaturated/α-hetero) is 1. The van der Waals surface area contributed by atoms with Gasteiger partial charge in [-0.2, -0.15) is 0 Å². The standard InChI is InChI=1S/C18H32O16/c19-1-4(22)7(23)15(30)18(32,17-13(29)11(27)9(25)6(3-21)34-17)16(31)14-12(28)10(26)8(24)5(2-20)33-14/h4-15,17,19-30,32H,1-3H2/t4-,5-,6-,7-,8-,9-,10+,11+,12-,13-,14?,15+,17?,18-/m1/s1/i14D. The molecule has 2 aliphatic rings. The van der Waals surface area contributed by atoms with Crippen molar-refractivity contribution in [2.24, 2.45) is 0 Å². The van der Waals surface area contributed by atoms with Crippen LogP contribution in [-0.2, 0) is 14.3 Å². The molecule has 2 rings (SSSR count). The second-order valence-electron chi connectivity index (χ2n) is 8.22. The monoisotopic (exact) mass is 505 g/mol. The Labute approximate surface area is 193 Å². The summed E-state index contributed by atoms with van der Waals surface area (Å²) < 4.78 is 18.3. The van der Waals surface area contributed by atoms with Gasteiger partial charge in [-0.15, -0.1) is 0 Å². The van der Waals surface area contributed by atoms with Gasteiger partial charge in [0.25, 0.3) is 0 Å². The average molecular weight is 505 g/mol. The summed E-state index contributed by atoms with van der Waals surface area (Å²) in [5.74, 6) is -2.16. The molecule has 0 aromatic carbocycles. The van der Waals surface area contributed by atoms with Gasteiger partial charge in [-0.3, -0.25) is 4.79 Å². The van der Waals surface area contributed by atoms with Crippen molar-refractivity contribution in [2.45, 2.75) is 84.9 Å². The van der Waals surface area contributed by atoms with Crippen LogP contribution in [0, 0.1) is 0 Å². The van der Waals surface area contributed by atoms with Gasteiger partial charge in [0.15, 0.2) is 5.60 Å². The first-order chi connectivity index (χ1) is 16.1. The van der Waals surface area contributed by atoms with Crippen molar-refractivity contribution >= 4 is 5.78 Å². The molecule has 16 nitrogen and oxygen atoms in total. The summed E-state index contributed by atoms with van der Waals surface area (Å²) in [5.41, 5.74) is -3.84. The highest BCUT2D eigenvalue weighted by Gasteiger charge is 2.64. The van der Waals surface area contributed by atoms with Gasteiger partial charge in [0, 0.05) is 0 Å². The van der Waals surface area contributed by atoms with Gasteiger partial charge in [-0.05, 0) is 0 Å². The third-order valence-electron chi connectivity index (χ3n) is 6.05. The molecule has 0 spiro atoms. The molecule has 0 radical (unpaired) electrons. The van der Waals surface area contributed by atoms with Gasteiger partial charge < -0.3 is 75.9 Å². The van der Waals surface area contributed by atoms with Crippen molar-refractivity contribution in [3.8, 4) is 0 Å². The first-order valence-corrected chi connectivity index (χ1v) is 10.2. The smallest absolute Gasteiger partial charge is 0.201 e. The van der Waals surface area contributed by atoms with Crippen LogP contribution in [0.2, 0.25) is 0 Å². The molecule has 2 fully saturated rings. The number of ether oxygens (including phenoxy) is 2. The minimum atomic E-state index is -3.84. The molecule has 0 aromatic heterocycles. The SMILES string of the molecule is [2H]C1(C(=O)[C@@](O)(C2O[C@H](CO)[C@@H](O)[C@H](O)[C@H]2O)[C@@H](O)[C@H](O)[C@H](O)CO)O[C@H](CO)[C@@H](O)[C@H](O)[C@H]1O. The van der Waals surface area contributed by atoms with Crippen LogP contribution in [0.3, 0.4) is 0 Å². The molecule has 0 bridgehead atoms. The number of carbonyl (C=O) groups is 1.